The molecule has 7 N–H and O–H groups in total. The minimum atomic E-state index is -1.59. The van der Waals surface area contributed by atoms with Gasteiger partial charge in [0, 0.05) is 17.3 Å². The van der Waals surface area contributed by atoms with Gasteiger partial charge in [-0.2, -0.15) is 0 Å². The summed E-state index contributed by atoms with van der Waals surface area (Å²) in [5.74, 6) is -1.89. The molecule has 4 aliphatic rings. The van der Waals surface area contributed by atoms with E-state index in [1.165, 1.54) is 6.08 Å². The number of aliphatic hydroxyl groups excluding tert-OH is 4. The van der Waals surface area contributed by atoms with Crippen molar-refractivity contribution in [3.05, 3.63) is 11.6 Å². The highest BCUT2D eigenvalue weighted by Gasteiger charge is 2.71. The Morgan fingerprint density at radius 3 is 2.29 bits per heavy atom. The van der Waals surface area contributed by atoms with Crippen LogP contribution in [0.3, 0.4) is 0 Å². The lowest BCUT2D eigenvalue weighted by atomic mass is 9.45. The number of aliphatic hydroxyl groups is 7. The zero-order valence-corrected chi connectivity index (χ0v) is 21.6. The van der Waals surface area contributed by atoms with Gasteiger partial charge in [-0.1, -0.05) is 13.8 Å². The number of ketones is 1. The molecule has 4 rings (SSSR count). The molecule has 200 valence electrons. The maximum Gasteiger partial charge on any atom is 0.159 e. The number of allylic oxidation sites excluding steroid dienone is 1. The first-order valence-corrected chi connectivity index (χ1v) is 13.0. The lowest BCUT2D eigenvalue weighted by Crippen LogP contribution is -2.66. The molecule has 0 aromatic rings. The third-order valence-electron chi connectivity index (χ3n) is 10.5. The van der Waals surface area contributed by atoms with E-state index in [-0.39, 0.29) is 44.3 Å². The molecule has 8 nitrogen and oxygen atoms in total. The molecule has 0 heterocycles. The van der Waals surface area contributed by atoms with Crippen LogP contribution in [0.4, 0.5) is 0 Å². The lowest BCUT2D eigenvalue weighted by Gasteiger charge is -2.62. The van der Waals surface area contributed by atoms with Gasteiger partial charge in [-0.15, -0.1) is 0 Å². The van der Waals surface area contributed by atoms with E-state index >= 15 is 0 Å². The van der Waals surface area contributed by atoms with Crippen molar-refractivity contribution < 1.29 is 40.5 Å². The molecule has 0 bridgehead atoms. The summed E-state index contributed by atoms with van der Waals surface area (Å²) >= 11 is 0. The fraction of sp³-hybridized carbons (Fsp3) is 0.889. The van der Waals surface area contributed by atoms with E-state index in [0.29, 0.717) is 12.0 Å². The quantitative estimate of drug-likeness (QED) is 0.295. The van der Waals surface area contributed by atoms with E-state index in [9.17, 15) is 40.5 Å². The highest BCUT2D eigenvalue weighted by atomic mass is 16.3. The Kier molecular flexibility index (Phi) is 6.46. The van der Waals surface area contributed by atoms with Crippen LogP contribution in [0, 0.1) is 28.6 Å². The molecule has 0 aromatic carbocycles. The first-order valence-electron chi connectivity index (χ1n) is 13.0. The van der Waals surface area contributed by atoms with Gasteiger partial charge in [-0.3, -0.25) is 4.79 Å². The average molecular weight is 497 g/mol. The monoisotopic (exact) mass is 496 g/mol. The Labute approximate surface area is 207 Å². The molecule has 0 amide bonds. The van der Waals surface area contributed by atoms with Crippen LogP contribution in [0.5, 0.6) is 0 Å². The fourth-order valence-electron chi connectivity index (χ4n) is 8.44. The molecule has 3 fully saturated rings. The molecule has 8 heteroatoms. The molecule has 11 atom stereocenters. The van der Waals surface area contributed by atoms with Crippen LogP contribution in [0.25, 0.3) is 0 Å². The van der Waals surface area contributed by atoms with E-state index < -0.39 is 69.8 Å². The van der Waals surface area contributed by atoms with Crippen molar-refractivity contribution in [3.63, 3.8) is 0 Å². The maximum absolute atomic E-state index is 13.3. The molecule has 0 aromatic heterocycles. The normalized spacial score (nSPS) is 48.3. The third-order valence-corrected chi connectivity index (χ3v) is 10.5. The van der Waals surface area contributed by atoms with Crippen molar-refractivity contribution in [3.8, 4) is 0 Å². The van der Waals surface area contributed by atoms with E-state index in [0.717, 1.165) is 0 Å². The van der Waals surface area contributed by atoms with Gasteiger partial charge < -0.3 is 35.7 Å². The van der Waals surface area contributed by atoms with Gasteiger partial charge in [-0.05, 0) is 88.7 Å². The predicted molar refractivity (Wildman–Crippen MR) is 128 cm³/mol. The van der Waals surface area contributed by atoms with Crippen molar-refractivity contribution >= 4 is 5.78 Å². The van der Waals surface area contributed by atoms with Gasteiger partial charge >= 0.3 is 0 Å². The summed E-state index contributed by atoms with van der Waals surface area (Å²) in [5.41, 5.74) is -5.42. The Morgan fingerprint density at radius 1 is 1.06 bits per heavy atom. The molecule has 4 aliphatic carbocycles. The summed E-state index contributed by atoms with van der Waals surface area (Å²) in [6, 6.07) is 0. The first kappa shape index (κ1) is 27.2. The summed E-state index contributed by atoms with van der Waals surface area (Å²) in [6.07, 6.45) is -1.08. The minimum absolute atomic E-state index is 0.115. The van der Waals surface area contributed by atoms with Gasteiger partial charge in [0.2, 0.25) is 0 Å². The third kappa shape index (κ3) is 3.95. The second kappa shape index (κ2) is 8.32. The lowest BCUT2D eigenvalue weighted by molar-refractivity contribution is -0.197. The van der Waals surface area contributed by atoms with E-state index in [2.05, 4.69) is 0 Å². The van der Waals surface area contributed by atoms with Crippen LogP contribution in [-0.4, -0.2) is 82.7 Å². The zero-order valence-electron chi connectivity index (χ0n) is 21.6. The van der Waals surface area contributed by atoms with Crippen molar-refractivity contribution in [2.75, 3.05) is 0 Å². The van der Waals surface area contributed by atoms with Gasteiger partial charge in [0.25, 0.3) is 0 Å². The van der Waals surface area contributed by atoms with Gasteiger partial charge in [0.05, 0.1) is 41.2 Å². The standard InChI is InChI=1S/C27H44O8/c1-23(2,33)8-7-21(32)26(5,34)20-6-9-27(35)15-11-16(28)14-10-17(29)18(30)12-24(14,3)22(15)19(31)13-25(20,27)4/h11,14,17-22,29-35H,6-10,12-13H2,1-5H3/t14?,17?,18?,19-,20?,21+,22?,24?,25?,26-,27-/m1/s1. The van der Waals surface area contributed by atoms with E-state index in [1.807, 2.05) is 13.8 Å². The van der Waals surface area contributed by atoms with Crippen LogP contribution in [0.1, 0.15) is 79.6 Å². The second-order valence-corrected chi connectivity index (χ2v) is 13.3. The molecular formula is C27H44O8. The summed E-state index contributed by atoms with van der Waals surface area (Å²) in [7, 11) is 0. The number of hydrogen-bond acceptors (Lipinski definition) is 8. The molecule has 7 unspecified atom stereocenters. The SMILES string of the molecule is CC(C)(O)CC[C@H](O)[C@](C)(O)C1CC[C@@]2(O)C3=CC(=O)C4CC(O)C(O)CC4(C)C3[C@H](O)CC12C. The number of carbonyl (C=O) groups excluding carboxylic acids is 1. The number of carbonyl (C=O) groups is 1. The smallest absolute Gasteiger partial charge is 0.159 e. The largest absolute Gasteiger partial charge is 0.392 e. The van der Waals surface area contributed by atoms with Crippen molar-refractivity contribution in [2.24, 2.45) is 28.6 Å². The molecule has 0 radical (unpaired) electrons. The van der Waals surface area contributed by atoms with E-state index in [4.69, 9.17) is 0 Å². The second-order valence-electron chi connectivity index (χ2n) is 13.3. The number of rotatable bonds is 5. The maximum atomic E-state index is 13.3. The first-order chi connectivity index (χ1) is 15.9. The summed E-state index contributed by atoms with van der Waals surface area (Å²) < 4.78 is 0. The fourth-order valence-corrected chi connectivity index (χ4v) is 8.44. The highest BCUT2D eigenvalue weighted by Crippen LogP contribution is 2.68. The molecule has 0 aliphatic heterocycles. The Balaban J connectivity index is 1.71. The average Bonchev–Trinajstić information content (AvgIpc) is 2.99. The number of fused-ring (bicyclic) bond motifs is 5. The van der Waals surface area contributed by atoms with Crippen molar-refractivity contribution in [1.82, 2.24) is 0 Å². The van der Waals surface area contributed by atoms with E-state index in [1.54, 1.807) is 20.8 Å². The van der Waals surface area contributed by atoms with Crippen LogP contribution in [0.15, 0.2) is 11.6 Å². The van der Waals surface area contributed by atoms with Gasteiger partial charge in [0.1, 0.15) is 0 Å². The topological polar surface area (TPSA) is 159 Å². The Hall–Kier alpha value is -0.870. The minimum Gasteiger partial charge on any atom is -0.392 e. The van der Waals surface area contributed by atoms with Crippen molar-refractivity contribution in [2.45, 2.75) is 121 Å². The van der Waals surface area contributed by atoms with Gasteiger partial charge in [-0.25, -0.2) is 0 Å². The number of hydrogen-bond donors (Lipinski definition) is 7. The van der Waals surface area contributed by atoms with Gasteiger partial charge in [0.15, 0.2) is 5.78 Å². The van der Waals surface area contributed by atoms with Crippen LogP contribution < -0.4 is 0 Å². The predicted octanol–water partition coefficient (Wildman–Crippen LogP) is 0.825. The summed E-state index contributed by atoms with van der Waals surface area (Å²) in [6.45, 7) is 8.52. The van der Waals surface area contributed by atoms with Crippen LogP contribution in [-0.2, 0) is 4.79 Å². The highest BCUT2D eigenvalue weighted by molar-refractivity contribution is 5.95. The molecule has 0 spiro atoms. The summed E-state index contributed by atoms with van der Waals surface area (Å²) in [4.78, 5) is 13.3. The Bertz CT molecular complexity index is 892. The molecule has 3 saturated carbocycles. The summed E-state index contributed by atoms with van der Waals surface area (Å²) in [5, 5.41) is 77.0. The molecule has 0 saturated heterocycles. The molecular weight excluding hydrogens is 452 g/mol. The Morgan fingerprint density at radius 2 is 1.69 bits per heavy atom. The van der Waals surface area contributed by atoms with Crippen molar-refractivity contribution in [1.29, 1.82) is 0 Å². The zero-order chi connectivity index (χ0) is 26.4. The molecule has 35 heavy (non-hydrogen) atoms. The van der Waals surface area contributed by atoms with Crippen LogP contribution >= 0.6 is 0 Å². The van der Waals surface area contributed by atoms with Crippen LogP contribution in [0.2, 0.25) is 0 Å².